The molecule has 1 aliphatic carbocycles. The average molecular weight is 170 g/mol. The smallest absolute Gasteiger partial charge is 0.239 e. The van der Waals surface area contributed by atoms with E-state index in [0.29, 0.717) is 12.5 Å². The van der Waals surface area contributed by atoms with E-state index in [1.165, 1.54) is 0 Å². The van der Waals surface area contributed by atoms with Crippen LogP contribution >= 0.6 is 0 Å². The van der Waals surface area contributed by atoms with Gasteiger partial charge < -0.3 is 10.6 Å². The molecular weight excluding hydrogens is 156 g/mol. The van der Waals surface area contributed by atoms with Gasteiger partial charge in [0.1, 0.15) is 0 Å². The molecule has 0 spiro atoms. The third kappa shape index (κ3) is 3.37. The van der Waals surface area contributed by atoms with Gasteiger partial charge in [0.2, 0.25) is 11.8 Å². The van der Waals surface area contributed by atoms with Crippen molar-refractivity contribution < 1.29 is 9.59 Å². The normalized spacial score (nSPS) is 15.4. The zero-order valence-corrected chi connectivity index (χ0v) is 7.22. The molecular formula is C8H14N2O2. The first-order valence-corrected chi connectivity index (χ1v) is 4.28. The van der Waals surface area contributed by atoms with Gasteiger partial charge >= 0.3 is 0 Å². The number of rotatable bonds is 4. The van der Waals surface area contributed by atoms with Crippen molar-refractivity contribution in [2.45, 2.75) is 32.2 Å². The van der Waals surface area contributed by atoms with Crippen LogP contribution in [0.25, 0.3) is 0 Å². The standard InChI is InChI=1S/C8H14N2O2/c1-2-7(11)9-5-8(12)10-6-3-4-6/h6H,2-5H2,1H3,(H,9,11)(H,10,12). The van der Waals surface area contributed by atoms with E-state index in [2.05, 4.69) is 10.6 Å². The molecule has 1 fully saturated rings. The molecule has 2 N–H and O–H groups in total. The number of hydrogen-bond acceptors (Lipinski definition) is 2. The van der Waals surface area contributed by atoms with Crippen LogP contribution in [0.1, 0.15) is 26.2 Å². The van der Waals surface area contributed by atoms with Gasteiger partial charge in [0.05, 0.1) is 6.54 Å². The number of nitrogens with one attached hydrogen (secondary N) is 2. The summed E-state index contributed by atoms with van der Waals surface area (Å²) in [6.45, 7) is 1.87. The predicted octanol–water partition coefficient (Wildman–Crippen LogP) is -0.209. The van der Waals surface area contributed by atoms with Crippen LogP contribution in [0.15, 0.2) is 0 Å². The highest BCUT2D eigenvalue weighted by Crippen LogP contribution is 2.17. The van der Waals surface area contributed by atoms with Gasteiger partial charge in [-0.15, -0.1) is 0 Å². The van der Waals surface area contributed by atoms with Crippen LogP contribution in [0.4, 0.5) is 0 Å². The Labute approximate surface area is 71.7 Å². The lowest BCUT2D eigenvalue weighted by atomic mass is 10.4. The number of carbonyl (C=O) groups excluding carboxylic acids is 2. The topological polar surface area (TPSA) is 58.2 Å². The van der Waals surface area contributed by atoms with Gasteiger partial charge in [-0.05, 0) is 12.8 Å². The first kappa shape index (κ1) is 9.03. The molecule has 0 radical (unpaired) electrons. The minimum atomic E-state index is -0.0840. The fourth-order valence-corrected chi connectivity index (χ4v) is 0.810. The molecule has 12 heavy (non-hydrogen) atoms. The molecule has 0 saturated heterocycles. The lowest BCUT2D eigenvalue weighted by Gasteiger charge is -2.03. The summed E-state index contributed by atoms with van der Waals surface area (Å²) in [7, 11) is 0. The van der Waals surface area contributed by atoms with Crippen LogP contribution in [0.2, 0.25) is 0 Å². The third-order valence-electron chi connectivity index (χ3n) is 1.71. The van der Waals surface area contributed by atoms with Crippen molar-refractivity contribution in [1.29, 1.82) is 0 Å². The second kappa shape index (κ2) is 4.09. The van der Waals surface area contributed by atoms with Gasteiger partial charge in [0, 0.05) is 12.5 Å². The summed E-state index contributed by atoms with van der Waals surface area (Å²) in [5, 5.41) is 5.29. The van der Waals surface area contributed by atoms with Crippen molar-refractivity contribution in [2.24, 2.45) is 0 Å². The van der Waals surface area contributed by atoms with Crippen molar-refractivity contribution in [3.8, 4) is 0 Å². The van der Waals surface area contributed by atoms with Crippen molar-refractivity contribution in [3.05, 3.63) is 0 Å². The summed E-state index contributed by atoms with van der Waals surface area (Å²) in [4.78, 5) is 21.7. The van der Waals surface area contributed by atoms with E-state index < -0.39 is 0 Å². The maximum Gasteiger partial charge on any atom is 0.239 e. The van der Waals surface area contributed by atoms with Crippen molar-refractivity contribution in [1.82, 2.24) is 10.6 Å². The molecule has 1 aliphatic rings. The highest BCUT2D eigenvalue weighted by atomic mass is 16.2. The maximum atomic E-state index is 11.0. The number of amides is 2. The first-order chi connectivity index (χ1) is 5.72. The molecule has 68 valence electrons. The van der Waals surface area contributed by atoms with Crippen LogP contribution in [0.5, 0.6) is 0 Å². The zero-order valence-electron chi connectivity index (χ0n) is 7.22. The molecule has 1 rings (SSSR count). The van der Waals surface area contributed by atoms with Crippen molar-refractivity contribution in [2.75, 3.05) is 6.54 Å². The van der Waals surface area contributed by atoms with E-state index in [1.54, 1.807) is 6.92 Å². The average Bonchev–Trinajstić information content (AvgIpc) is 2.84. The maximum absolute atomic E-state index is 11.0. The Morgan fingerprint density at radius 3 is 2.50 bits per heavy atom. The summed E-state index contributed by atoms with van der Waals surface area (Å²) in [6.07, 6.45) is 2.58. The highest BCUT2D eigenvalue weighted by Gasteiger charge is 2.22. The SMILES string of the molecule is CCC(=O)NCC(=O)NC1CC1. The van der Waals surface area contributed by atoms with Crippen LogP contribution < -0.4 is 10.6 Å². The molecule has 0 unspecified atom stereocenters. The lowest BCUT2D eigenvalue weighted by molar-refractivity contribution is -0.126. The Morgan fingerprint density at radius 2 is 2.00 bits per heavy atom. The van der Waals surface area contributed by atoms with Crippen LogP contribution in [0.3, 0.4) is 0 Å². The van der Waals surface area contributed by atoms with Crippen molar-refractivity contribution in [3.63, 3.8) is 0 Å². The molecule has 0 aromatic carbocycles. The van der Waals surface area contributed by atoms with Gasteiger partial charge in [0.25, 0.3) is 0 Å². The fraction of sp³-hybridized carbons (Fsp3) is 0.750. The summed E-state index contributed by atoms with van der Waals surface area (Å²) in [6, 6.07) is 0.371. The molecule has 4 heteroatoms. The zero-order chi connectivity index (χ0) is 8.97. The van der Waals surface area contributed by atoms with E-state index >= 15 is 0 Å². The van der Waals surface area contributed by atoms with Gasteiger partial charge in [-0.1, -0.05) is 6.92 Å². The van der Waals surface area contributed by atoms with Crippen LogP contribution in [0, 0.1) is 0 Å². The highest BCUT2D eigenvalue weighted by molar-refractivity contribution is 5.84. The Morgan fingerprint density at radius 1 is 1.33 bits per heavy atom. The van der Waals surface area contributed by atoms with Crippen molar-refractivity contribution >= 4 is 11.8 Å². The second-order valence-corrected chi connectivity index (χ2v) is 2.97. The number of hydrogen-bond donors (Lipinski definition) is 2. The lowest BCUT2D eigenvalue weighted by Crippen LogP contribution is -2.37. The molecule has 0 atom stereocenters. The molecule has 0 aromatic heterocycles. The van der Waals surface area contributed by atoms with Gasteiger partial charge in [-0.3, -0.25) is 9.59 Å². The van der Waals surface area contributed by atoms with Gasteiger partial charge in [0.15, 0.2) is 0 Å². The monoisotopic (exact) mass is 170 g/mol. The minimum Gasteiger partial charge on any atom is -0.352 e. The van der Waals surface area contributed by atoms with E-state index in [4.69, 9.17) is 0 Å². The number of carbonyl (C=O) groups is 2. The predicted molar refractivity (Wildman–Crippen MR) is 44.5 cm³/mol. The van der Waals surface area contributed by atoms with E-state index in [0.717, 1.165) is 12.8 Å². The van der Waals surface area contributed by atoms with Gasteiger partial charge in [-0.25, -0.2) is 0 Å². The Kier molecular flexibility index (Phi) is 3.08. The summed E-state index contributed by atoms with van der Waals surface area (Å²) >= 11 is 0. The van der Waals surface area contributed by atoms with E-state index in [1.807, 2.05) is 0 Å². The molecule has 4 nitrogen and oxygen atoms in total. The largest absolute Gasteiger partial charge is 0.352 e. The van der Waals surface area contributed by atoms with Gasteiger partial charge in [-0.2, -0.15) is 0 Å². The molecule has 0 aromatic rings. The molecule has 0 aliphatic heterocycles. The van der Waals surface area contributed by atoms with E-state index in [9.17, 15) is 9.59 Å². The molecule has 1 saturated carbocycles. The Hall–Kier alpha value is -1.06. The third-order valence-corrected chi connectivity index (χ3v) is 1.71. The first-order valence-electron chi connectivity index (χ1n) is 4.28. The molecule has 0 bridgehead atoms. The second-order valence-electron chi connectivity index (χ2n) is 2.97. The van der Waals surface area contributed by atoms with Crippen LogP contribution in [-0.2, 0) is 9.59 Å². The summed E-state index contributed by atoms with van der Waals surface area (Å²) in [5.41, 5.74) is 0. The molecule has 2 amide bonds. The fourth-order valence-electron chi connectivity index (χ4n) is 0.810. The Bertz CT molecular complexity index is 187. The van der Waals surface area contributed by atoms with E-state index in [-0.39, 0.29) is 18.4 Å². The summed E-state index contributed by atoms with van der Waals surface area (Å²) < 4.78 is 0. The quantitative estimate of drug-likeness (QED) is 0.613. The summed E-state index contributed by atoms with van der Waals surface area (Å²) in [5.74, 6) is -0.166. The Balaban J connectivity index is 2.04. The minimum absolute atomic E-state index is 0.0825. The molecule has 0 heterocycles. The van der Waals surface area contributed by atoms with Crippen LogP contribution in [-0.4, -0.2) is 24.4 Å².